The molecule has 0 aliphatic rings. The van der Waals surface area contributed by atoms with Crippen molar-refractivity contribution in [3.8, 4) is 0 Å². The summed E-state index contributed by atoms with van der Waals surface area (Å²) in [7, 11) is 0. The van der Waals surface area contributed by atoms with Crippen LogP contribution in [-0.2, 0) is 4.79 Å². The van der Waals surface area contributed by atoms with E-state index in [4.69, 9.17) is 10.8 Å². The highest BCUT2D eigenvalue weighted by Crippen LogP contribution is 2.16. The summed E-state index contributed by atoms with van der Waals surface area (Å²) < 4.78 is 0. The summed E-state index contributed by atoms with van der Waals surface area (Å²) in [5, 5.41) is 14.2. The van der Waals surface area contributed by atoms with E-state index in [1.807, 2.05) is 0 Å². The Kier molecular flexibility index (Phi) is 11.0. The number of hydrogen-bond acceptors (Lipinski definition) is 3. The van der Waals surface area contributed by atoms with Gasteiger partial charge in [-0.25, -0.2) is 4.79 Å². The molecule has 0 aliphatic carbocycles. The van der Waals surface area contributed by atoms with E-state index in [-0.39, 0.29) is 12.5 Å². The van der Waals surface area contributed by atoms with E-state index in [2.05, 4.69) is 17.6 Å². The minimum absolute atomic E-state index is 0.179. The van der Waals surface area contributed by atoms with Crippen LogP contribution in [0.5, 0.6) is 0 Å². The predicted molar refractivity (Wildman–Crippen MR) is 75.0 cm³/mol. The van der Waals surface area contributed by atoms with E-state index in [1.165, 1.54) is 0 Å². The van der Waals surface area contributed by atoms with Gasteiger partial charge in [-0.15, -0.1) is 0 Å². The van der Waals surface area contributed by atoms with E-state index >= 15 is 0 Å². The van der Waals surface area contributed by atoms with E-state index in [0.29, 0.717) is 32.0 Å². The molecule has 1 unspecified atom stereocenters. The van der Waals surface area contributed by atoms with Gasteiger partial charge in [0, 0.05) is 19.5 Å². The SMILES string of the molecule is CCCC(CCNC(=O)NCCCN)CCC(=O)O. The number of carboxylic acid groups (broad SMARTS) is 1. The third-order valence-corrected chi connectivity index (χ3v) is 2.97. The number of carbonyl (C=O) groups is 2. The second kappa shape index (κ2) is 11.8. The molecule has 0 radical (unpaired) electrons. The van der Waals surface area contributed by atoms with Crippen LogP contribution in [0.4, 0.5) is 4.79 Å². The Bertz CT molecular complexity index is 260. The van der Waals surface area contributed by atoms with Crippen LogP contribution in [0.1, 0.15) is 45.4 Å². The van der Waals surface area contributed by atoms with Gasteiger partial charge < -0.3 is 21.5 Å². The van der Waals surface area contributed by atoms with Gasteiger partial charge in [-0.1, -0.05) is 19.8 Å². The molecular formula is C13H27N3O3. The second-order valence-electron chi connectivity index (χ2n) is 4.70. The number of carbonyl (C=O) groups excluding carboxylic acids is 1. The van der Waals surface area contributed by atoms with Gasteiger partial charge >= 0.3 is 12.0 Å². The molecule has 0 aromatic heterocycles. The maximum Gasteiger partial charge on any atom is 0.314 e. The molecule has 0 bridgehead atoms. The van der Waals surface area contributed by atoms with Gasteiger partial charge in [0.25, 0.3) is 0 Å². The normalized spacial score (nSPS) is 11.9. The van der Waals surface area contributed by atoms with Crippen molar-refractivity contribution in [3.05, 3.63) is 0 Å². The zero-order valence-electron chi connectivity index (χ0n) is 11.8. The first-order valence-corrected chi connectivity index (χ1v) is 7.03. The largest absolute Gasteiger partial charge is 0.481 e. The lowest BCUT2D eigenvalue weighted by Gasteiger charge is -2.15. The number of urea groups is 1. The molecule has 0 aliphatic heterocycles. The third kappa shape index (κ3) is 11.5. The minimum atomic E-state index is -0.756. The maximum atomic E-state index is 11.4. The van der Waals surface area contributed by atoms with Crippen molar-refractivity contribution in [1.29, 1.82) is 0 Å². The van der Waals surface area contributed by atoms with Gasteiger partial charge in [-0.2, -0.15) is 0 Å². The van der Waals surface area contributed by atoms with Crippen molar-refractivity contribution < 1.29 is 14.7 Å². The van der Waals surface area contributed by atoms with Crippen molar-refractivity contribution in [1.82, 2.24) is 10.6 Å². The summed E-state index contributed by atoms with van der Waals surface area (Å²) >= 11 is 0. The Labute approximate surface area is 115 Å². The highest BCUT2D eigenvalue weighted by molar-refractivity contribution is 5.73. The lowest BCUT2D eigenvalue weighted by atomic mass is 9.94. The molecule has 6 nitrogen and oxygen atoms in total. The van der Waals surface area contributed by atoms with Crippen LogP contribution in [0, 0.1) is 5.92 Å². The number of nitrogens with two attached hydrogens (primary N) is 1. The smallest absolute Gasteiger partial charge is 0.314 e. The highest BCUT2D eigenvalue weighted by Gasteiger charge is 2.10. The summed E-state index contributed by atoms with van der Waals surface area (Å²) in [5.74, 6) is -0.390. The number of rotatable bonds is 11. The summed E-state index contributed by atoms with van der Waals surface area (Å²) in [6, 6.07) is -0.179. The van der Waals surface area contributed by atoms with Crippen LogP contribution in [0.2, 0.25) is 0 Å². The summed E-state index contributed by atoms with van der Waals surface area (Å²) in [6.45, 7) is 3.81. The first-order valence-electron chi connectivity index (χ1n) is 7.03. The van der Waals surface area contributed by atoms with Crippen molar-refractivity contribution in [2.75, 3.05) is 19.6 Å². The van der Waals surface area contributed by atoms with Crippen molar-refractivity contribution in [2.45, 2.75) is 45.4 Å². The fourth-order valence-corrected chi connectivity index (χ4v) is 1.93. The fourth-order valence-electron chi connectivity index (χ4n) is 1.93. The van der Waals surface area contributed by atoms with Crippen LogP contribution < -0.4 is 16.4 Å². The van der Waals surface area contributed by atoms with E-state index in [1.54, 1.807) is 0 Å². The van der Waals surface area contributed by atoms with Crippen LogP contribution >= 0.6 is 0 Å². The van der Waals surface area contributed by atoms with Gasteiger partial charge in [0.15, 0.2) is 0 Å². The van der Waals surface area contributed by atoms with Gasteiger partial charge in [0.2, 0.25) is 0 Å². The molecular weight excluding hydrogens is 246 g/mol. The van der Waals surface area contributed by atoms with Gasteiger partial charge in [0.1, 0.15) is 0 Å². The Balaban J connectivity index is 3.72. The average molecular weight is 273 g/mol. The minimum Gasteiger partial charge on any atom is -0.481 e. The van der Waals surface area contributed by atoms with E-state index in [0.717, 1.165) is 25.7 Å². The molecule has 0 saturated heterocycles. The Morgan fingerprint density at radius 2 is 1.84 bits per heavy atom. The zero-order chi connectivity index (χ0) is 14.5. The molecule has 5 N–H and O–H groups in total. The predicted octanol–water partition coefficient (Wildman–Crippen LogP) is 1.31. The van der Waals surface area contributed by atoms with Crippen LogP contribution in [0.3, 0.4) is 0 Å². The van der Waals surface area contributed by atoms with Crippen molar-refractivity contribution in [2.24, 2.45) is 11.7 Å². The molecule has 19 heavy (non-hydrogen) atoms. The molecule has 6 heteroatoms. The first-order chi connectivity index (χ1) is 9.10. The van der Waals surface area contributed by atoms with Crippen molar-refractivity contribution >= 4 is 12.0 Å². The zero-order valence-corrected chi connectivity index (χ0v) is 11.8. The Morgan fingerprint density at radius 3 is 2.42 bits per heavy atom. The standard InChI is InChI=1S/C13H27N3O3/c1-2-4-11(5-6-12(17)18)7-10-16-13(19)15-9-3-8-14/h11H,2-10,14H2,1H3,(H,17,18)(H2,15,16,19). The summed E-state index contributed by atoms with van der Waals surface area (Å²) in [4.78, 5) is 21.9. The van der Waals surface area contributed by atoms with Crippen LogP contribution in [0.15, 0.2) is 0 Å². The quantitative estimate of drug-likeness (QED) is 0.426. The van der Waals surface area contributed by atoms with Crippen LogP contribution in [-0.4, -0.2) is 36.7 Å². The second-order valence-corrected chi connectivity index (χ2v) is 4.70. The topological polar surface area (TPSA) is 104 Å². The third-order valence-electron chi connectivity index (χ3n) is 2.97. The van der Waals surface area contributed by atoms with E-state index in [9.17, 15) is 9.59 Å². The molecule has 0 heterocycles. The Morgan fingerprint density at radius 1 is 1.16 bits per heavy atom. The molecule has 0 rings (SSSR count). The average Bonchev–Trinajstić information content (AvgIpc) is 2.36. The maximum absolute atomic E-state index is 11.4. The first kappa shape index (κ1) is 17.7. The number of nitrogens with one attached hydrogen (secondary N) is 2. The molecule has 112 valence electrons. The molecule has 0 aromatic carbocycles. The molecule has 2 amide bonds. The molecule has 0 saturated carbocycles. The number of carboxylic acids is 1. The molecule has 0 spiro atoms. The molecule has 0 fully saturated rings. The van der Waals surface area contributed by atoms with Crippen LogP contribution in [0.25, 0.3) is 0 Å². The monoisotopic (exact) mass is 273 g/mol. The van der Waals surface area contributed by atoms with Gasteiger partial charge in [0.05, 0.1) is 0 Å². The van der Waals surface area contributed by atoms with Gasteiger partial charge in [-0.3, -0.25) is 4.79 Å². The van der Waals surface area contributed by atoms with E-state index < -0.39 is 5.97 Å². The number of hydrogen-bond donors (Lipinski definition) is 4. The fraction of sp³-hybridized carbons (Fsp3) is 0.846. The highest BCUT2D eigenvalue weighted by atomic mass is 16.4. The summed E-state index contributed by atoms with van der Waals surface area (Å²) in [5.41, 5.74) is 5.33. The number of aliphatic carboxylic acids is 1. The molecule has 1 atom stereocenters. The lowest BCUT2D eigenvalue weighted by Crippen LogP contribution is -2.37. The lowest BCUT2D eigenvalue weighted by molar-refractivity contribution is -0.137. The van der Waals surface area contributed by atoms with Gasteiger partial charge in [-0.05, 0) is 31.7 Å². The number of amides is 2. The molecule has 0 aromatic rings. The summed E-state index contributed by atoms with van der Waals surface area (Å²) in [6.07, 6.45) is 4.51. The van der Waals surface area contributed by atoms with Crippen molar-refractivity contribution in [3.63, 3.8) is 0 Å². The Hall–Kier alpha value is -1.30.